The molecule has 1 aromatic heterocycles. The molecule has 0 atom stereocenters. The maximum Gasteiger partial charge on any atom is 0.258 e. The van der Waals surface area contributed by atoms with Gasteiger partial charge in [0.1, 0.15) is 19.5 Å². The molecule has 1 heterocycles. The molecule has 0 saturated heterocycles. The van der Waals surface area contributed by atoms with Gasteiger partial charge in [-0.2, -0.15) is 0 Å². The van der Waals surface area contributed by atoms with E-state index in [4.69, 9.17) is 0 Å². The number of pyridine rings is 1. The highest BCUT2D eigenvalue weighted by molar-refractivity contribution is 6.32. The highest BCUT2D eigenvalue weighted by Gasteiger charge is 2.13. The Balaban J connectivity index is 2.24. The predicted octanol–water partition coefficient (Wildman–Crippen LogP) is 0.871. The minimum Gasteiger partial charge on any atom is -0.321 e. The third-order valence-corrected chi connectivity index (χ3v) is 2.31. The van der Waals surface area contributed by atoms with Crippen LogP contribution in [0.5, 0.6) is 0 Å². The summed E-state index contributed by atoms with van der Waals surface area (Å²) in [5, 5.41) is 2.46. The molecule has 0 aliphatic rings. The molecule has 1 N–H and O–H groups in total. The molecule has 0 spiro atoms. The summed E-state index contributed by atoms with van der Waals surface area (Å²) in [5.74, 6) is -2.14. The van der Waals surface area contributed by atoms with Crippen LogP contribution in [0.3, 0.4) is 0 Å². The Morgan fingerprint density at radius 2 is 2.00 bits per heavy atom. The van der Waals surface area contributed by atoms with E-state index in [0.717, 1.165) is 23.7 Å². The fourth-order valence-electron chi connectivity index (χ4n) is 1.49. The van der Waals surface area contributed by atoms with Gasteiger partial charge in [-0.1, -0.05) is 5.46 Å². The van der Waals surface area contributed by atoms with Gasteiger partial charge in [0.2, 0.25) is 0 Å². The minimum absolute atomic E-state index is 0.337. The first-order chi connectivity index (χ1) is 8.56. The maximum atomic E-state index is 13.4. The Kier molecular flexibility index (Phi) is 3.37. The van der Waals surface area contributed by atoms with Crippen molar-refractivity contribution < 1.29 is 13.6 Å². The lowest BCUT2D eigenvalue weighted by atomic mass is 9.99. The van der Waals surface area contributed by atoms with Crippen LogP contribution in [0.2, 0.25) is 0 Å². The van der Waals surface area contributed by atoms with Crippen molar-refractivity contribution in [3.63, 3.8) is 0 Å². The Hall–Kier alpha value is -2.24. The number of hydrogen-bond acceptors (Lipinski definition) is 2. The standard InChI is InChI=1S/C12H9BF2N2O/c13-7-3-9(6-16-5-7)17-12(18)10-4-8(14)1-2-11(10)15/h1-6H,13H2,(H,17,18). The van der Waals surface area contributed by atoms with Gasteiger partial charge in [-0.25, -0.2) is 8.78 Å². The Bertz CT molecular complexity index is 604. The summed E-state index contributed by atoms with van der Waals surface area (Å²) in [6.07, 6.45) is 3.06. The van der Waals surface area contributed by atoms with Crippen molar-refractivity contribution in [3.05, 3.63) is 53.9 Å². The predicted molar refractivity (Wildman–Crippen MR) is 66.7 cm³/mol. The molecule has 1 aromatic carbocycles. The van der Waals surface area contributed by atoms with Gasteiger partial charge in [0.25, 0.3) is 5.91 Å². The largest absolute Gasteiger partial charge is 0.321 e. The molecule has 18 heavy (non-hydrogen) atoms. The van der Waals surface area contributed by atoms with Crippen molar-refractivity contribution in [2.24, 2.45) is 0 Å². The van der Waals surface area contributed by atoms with Gasteiger partial charge in [0.05, 0.1) is 17.4 Å². The molecule has 0 unspecified atom stereocenters. The summed E-state index contributed by atoms with van der Waals surface area (Å²) < 4.78 is 26.3. The average Bonchev–Trinajstić information content (AvgIpc) is 2.32. The fourth-order valence-corrected chi connectivity index (χ4v) is 1.49. The average molecular weight is 246 g/mol. The SMILES string of the molecule is Bc1cncc(NC(=O)c2cc(F)ccc2F)c1. The van der Waals surface area contributed by atoms with Crippen molar-refractivity contribution in [1.82, 2.24) is 4.98 Å². The van der Waals surface area contributed by atoms with Crippen LogP contribution in [-0.2, 0) is 0 Å². The van der Waals surface area contributed by atoms with Gasteiger partial charge in [-0.15, -0.1) is 0 Å². The van der Waals surface area contributed by atoms with Crippen LogP contribution >= 0.6 is 0 Å². The zero-order valence-electron chi connectivity index (χ0n) is 9.58. The fraction of sp³-hybridized carbons (Fsp3) is 0. The van der Waals surface area contributed by atoms with Gasteiger partial charge in [-0.3, -0.25) is 9.78 Å². The van der Waals surface area contributed by atoms with E-state index in [-0.39, 0.29) is 5.56 Å². The van der Waals surface area contributed by atoms with Crippen molar-refractivity contribution >= 4 is 24.9 Å². The maximum absolute atomic E-state index is 13.4. The summed E-state index contributed by atoms with van der Waals surface area (Å²) in [4.78, 5) is 15.6. The number of halogens is 2. The number of rotatable bonds is 2. The number of anilines is 1. The van der Waals surface area contributed by atoms with Crippen molar-refractivity contribution in [3.8, 4) is 0 Å². The zero-order chi connectivity index (χ0) is 13.1. The van der Waals surface area contributed by atoms with Crippen LogP contribution < -0.4 is 10.8 Å². The summed E-state index contributed by atoms with van der Waals surface area (Å²) in [6, 6.07) is 4.41. The minimum atomic E-state index is -0.769. The molecule has 2 rings (SSSR count). The van der Waals surface area contributed by atoms with E-state index in [2.05, 4.69) is 10.3 Å². The number of nitrogens with zero attached hydrogens (tertiary/aromatic N) is 1. The monoisotopic (exact) mass is 246 g/mol. The summed E-state index contributed by atoms with van der Waals surface area (Å²) in [7, 11) is 1.81. The number of amides is 1. The molecule has 0 radical (unpaired) electrons. The molecule has 3 nitrogen and oxygen atoms in total. The molecule has 90 valence electrons. The number of carbonyl (C=O) groups excluding carboxylic acids is 1. The van der Waals surface area contributed by atoms with Gasteiger partial charge in [0.15, 0.2) is 0 Å². The van der Waals surface area contributed by atoms with E-state index in [9.17, 15) is 13.6 Å². The second-order valence-electron chi connectivity index (χ2n) is 3.83. The smallest absolute Gasteiger partial charge is 0.258 e. The molecular weight excluding hydrogens is 237 g/mol. The van der Waals surface area contributed by atoms with E-state index >= 15 is 0 Å². The van der Waals surface area contributed by atoms with Crippen LogP contribution in [0.15, 0.2) is 36.7 Å². The van der Waals surface area contributed by atoms with E-state index < -0.39 is 17.5 Å². The molecule has 0 aliphatic heterocycles. The summed E-state index contributed by atoms with van der Waals surface area (Å²) in [5.41, 5.74) is 0.952. The first kappa shape index (κ1) is 12.2. The molecular formula is C12H9BF2N2O. The van der Waals surface area contributed by atoms with E-state index in [1.165, 1.54) is 6.20 Å². The first-order valence-corrected chi connectivity index (χ1v) is 5.24. The first-order valence-electron chi connectivity index (χ1n) is 5.24. The number of hydrogen-bond donors (Lipinski definition) is 1. The molecule has 1 amide bonds. The summed E-state index contributed by atoms with van der Waals surface area (Å²) >= 11 is 0. The third-order valence-electron chi connectivity index (χ3n) is 2.31. The zero-order valence-corrected chi connectivity index (χ0v) is 9.58. The van der Waals surface area contributed by atoms with Crippen molar-refractivity contribution in [2.75, 3.05) is 5.32 Å². The molecule has 6 heteroatoms. The third kappa shape index (κ3) is 2.71. The summed E-state index contributed by atoms with van der Waals surface area (Å²) in [6.45, 7) is 0. The van der Waals surface area contributed by atoms with Crippen LogP contribution in [0.25, 0.3) is 0 Å². The van der Waals surface area contributed by atoms with Crippen LogP contribution in [0.4, 0.5) is 14.5 Å². The van der Waals surface area contributed by atoms with Crippen molar-refractivity contribution in [1.29, 1.82) is 0 Å². The van der Waals surface area contributed by atoms with Gasteiger partial charge in [-0.05, 0) is 24.3 Å². The lowest BCUT2D eigenvalue weighted by Crippen LogP contribution is -2.16. The highest BCUT2D eigenvalue weighted by atomic mass is 19.1. The Labute approximate surface area is 103 Å². The normalized spacial score (nSPS) is 10.1. The van der Waals surface area contributed by atoms with E-state index in [0.29, 0.717) is 5.69 Å². The lowest BCUT2D eigenvalue weighted by Gasteiger charge is -2.06. The molecule has 0 bridgehead atoms. The number of nitrogens with one attached hydrogen (secondary N) is 1. The van der Waals surface area contributed by atoms with Gasteiger partial charge >= 0.3 is 0 Å². The molecule has 0 aliphatic carbocycles. The second kappa shape index (κ2) is 4.95. The van der Waals surface area contributed by atoms with Gasteiger partial charge < -0.3 is 5.32 Å². The Morgan fingerprint density at radius 3 is 2.72 bits per heavy atom. The van der Waals surface area contributed by atoms with E-state index in [1.807, 2.05) is 7.85 Å². The number of aromatic nitrogens is 1. The lowest BCUT2D eigenvalue weighted by molar-refractivity contribution is 0.102. The highest BCUT2D eigenvalue weighted by Crippen LogP contribution is 2.12. The van der Waals surface area contributed by atoms with E-state index in [1.54, 1.807) is 12.3 Å². The van der Waals surface area contributed by atoms with Crippen LogP contribution in [0, 0.1) is 11.6 Å². The van der Waals surface area contributed by atoms with Gasteiger partial charge in [0, 0.05) is 6.20 Å². The molecule has 0 fully saturated rings. The molecule has 2 aromatic rings. The number of carbonyl (C=O) groups is 1. The molecule has 0 saturated carbocycles. The van der Waals surface area contributed by atoms with Crippen LogP contribution in [-0.4, -0.2) is 18.7 Å². The van der Waals surface area contributed by atoms with Crippen molar-refractivity contribution in [2.45, 2.75) is 0 Å². The quantitative estimate of drug-likeness (QED) is 0.799. The Morgan fingerprint density at radius 1 is 1.22 bits per heavy atom. The van der Waals surface area contributed by atoms with Crippen LogP contribution in [0.1, 0.15) is 10.4 Å². The number of benzene rings is 1. The second-order valence-corrected chi connectivity index (χ2v) is 3.83. The topological polar surface area (TPSA) is 42.0 Å².